The highest BCUT2D eigenvalue weighted by Crippen LogP contribution is 2.39. The number of nitrogens with zero attached hydrogens (tertiary/aromatic N) is 2. The molecule has 6 heteroatoms. The van der Waals surface area contributed by atoms with E-state index in [9.17, 15) is 4.79 Å². The van der Waals surface area contributed by atoms with Crippen LogP contribution in [0.2, 0.25) is 0 Å². The Labute approximate surface area is 154 Å². The van der Waals surface area contributed by atoms with Crippen LogP contribution in [0.25, 0.3) is 21.3 Å². The van der Waals surface area contributed by atoms with Gasteiger partial charge in [-0.25, -0.2) is 4.98 Å². The van der Waals surface area contributed by atoms with Gasteiger partial charge in [-0.15, -0.1) is 11.3 Å². The van der Waals surface area contributed by atoms with Gasteiger partial charge in [-0.3, -0.25) is 4.79 Å². The van der Waals surface area contributed by atoms with Crippen molar-refractivity contribution in [1.82, 2.24) is 9.97 Å². The number of benzene rings is 2. The second-order valence-corrected chi connectivity index (χ2v) is 6.59. The minimum atomic E-state index is -0.545. The number of carbonyl (C=O) groups is 1. The average Bonchev–Trinajstić information content (AvgIpc) is 3.06. The van der Waals surface area contributed by atoms with Gasteiger partial charge in [0, 0.05) is 10.9 Å². The molecule has 0 unspecified atom stereocenters. The quantitative estimate of drug-likeness (QED) is 0.578. The molecule has 0 saturated heterocycles. The third kappa shape index (κ3) is 2.91. The molecule has 2 aromatic heterocycles. The van der Waals surface area contributed by atoms with Gasteiger partial charge in [0.05, 0.1) is 10.9 Å². The van der Waals surface area contributed by atoms with E-state index < -0.39 is 5.91 Å². The summed E-state index contributed by atoms with van der Waals surface area (Å²) < 4.78 is 6.04. The number of para-hydroxylation sites is 1. The van der Waals surface area contributed by atoms with Crippen LogP contribution in [0.5, 0.6) is 11.6 Å². The molecule has 2 aromatic carbocycles. The van der Waals surface area contributed by atoms with Gasteiger partial charge in [0.1, 0.15) is 16.4 Å². The van der Waals surface area contributed by atoms with Crippen LogP contribution >= 0.6 is 11.3 Å². The predicted molar refractivity (Wildman–Crippen MR) is 103 cm³/mol. The van der Waals surface area contributed by atoms with E-state index in [1.165, 1.54) is 11.3 Å². The molecule has 26 heavy (non-hydrogen) atoms. The van der Waals surface area contributed by atoms with Gasteiger partial charge in [-0.1, -0.05) is 42.5 Å². The van der Waals surface area contributed by atoms with Crippen LogP contribution < -0.4 is 10.5 Å². The summed E-state index contributed by atoms with van der Waals surface area (Å²) >= 11 is 1.54. The second kappa shape index (κ2) is 6.57. The second-order valence-electron chi connectivity index (χ2n) is 5.73. The van der Waals surface area contributed by atoms with Gasteiger partial charge >= 0.3 is 0 Å². The first kappa shape index (κ1) is 16.2. The maximum Gasteiger partial charge on any atom is 0.252 e. The highest BCUT2D eigenvalue weighted by Gasteiger charge is 2.18. The zero-order chi connectivity index (χ0) is 18.1. The lowest BCUT2D eigenvalue weighted by Crippen LogP contribution is -2.12. The monoisotopic (exact) mass is 361 g/mol. The molecule has 0 atom stereocenters. The number of fused-ring (bicyclic) bond motifs is 1. The normalized spacial score (nSPS) is 10.8. The van der Waals surface area contributed by atoms with Gasteiger partial charge < -0.3 is 10.5 Å². The van der Waals surface area contributed by atoms with Crippen molar-refractivity contribution >= 4 is 27.5 Å². The summed E-state index contributed by atoms with van der Waals surface area (Å²) in [6, 6.07) is 16.9. The summed E-state index contributed by atoms with van der Waals surface area (Å²) in [7, 11) is 0. The predicted octanol–water partition coefficient (Wildman–Crippen LogP) is 4.56. The number of primary amides is 1. The number of carbonyl (C=O) groups excluding carboxylic acids is 1. The Kier molecular flexibility index (Phi) is 4.10. The third-order valence-corrected chi connectivity index (χ3v) is 4.83. The van der Waals surface area contributed by atoms with Crippen molar-refractivity contribution in [2.24, 2.45) is 5.73 Å². The van der Waals surface area contributed by atoms with Crippen molar-refractivity contribution in [1.29, 1.82) is 0 Å². The molecule has 2 N–H and O–H groups in total. The zero-order valence-corrected chi connectivity index (χ0v) is 14.8. The van der Waals surface area contributed by atoms with Crippen molar-refractivity contribution in [2.75, 3.05) is 0 Å². The lowest BCUT2D eigenvalue weighted by Gasteiger charge is -2.11. The molecule has 4 rings (SSSR count). The highest BCUT2D eigenvalue weighted by molar-refractivity contribution is 7.17. The largest absolute Gasteiger partial charge is 0.437 e. The number of rotatable bonds is 4. The fourth-order valence-corrected chi connectivity index (χ4v) is 3.76. The molecule has 0 aliphatic rings. The molecule has 0 spiro atoms. The van der Waals surface area contributed by atoms with Crippen LogP contribution in [0.3, 0.4) is 0 Å². The smallest absolute Gasteiger partial charge is 0.252 e. The summed E-state index contributed by atoms with van der Waals surface area (Å²) in [4.78, 5) is 21.5. The van der Waals surface area contributed by atoms with E-state index >= 15 is 0 Å². The first-order valence-corrected chi connectivity index (χ1v) is 8.89. The number of hydrogen-bond acceptors (Lipinski definition) is 5. The summed E-state index contributed by atoms with van der Waals surface area (Å²) in [6.45, 7) is 1.81. The van der Waals surface area contributed by atoms with Gasteiger partial charge in [-0.2, -0.15) is 4.98 Å². The van der Waals surface area contributed by atoms with Crippen LogP contribution in [0.15, 0.2) is 60.0 Å². The van der Waals surface area contributed by atoms with Crippen molar-refractivity contribution in [2.45, 2.75) is 6.92 Å². The van der Waals surface area contributed by atoms with E-state index in [4.69, 9.17) is 10.5 Å². The highest BCUT2D eigenvalue weighted by atomic mass is 32.1. The standard InChI is InChI=1S/C20H15N3O2S/c1-12-22-19(25-16-10-6-5-9-14(16)18(21)24)17-15(11-26-20(17)23-12)13-7-3-2-4-8-13/h2-11H,1H3,(H2,21,24). The van der Waals surface area contributed by atoms with E-state index in [-0.39, 0.29) is 0 Å². The first-order valence-electron chi connectivity index (χ1n) is 8.01. The van der Waals surface area contributed by atoms with Crippen molar-refractivity contribution < 1.29 is 9.53 Å². The molecule has 0 radical (unpaired) electrons. The van der Waals surface area contributed by atoms with Crippen LogP contribution in [0.4, 0.5) is 0 Å². The van der Waals surface area contributed by atoms with Crippen LogP contribution in [-0.2, 0) is 0 Å². The van der Waals surface area contributed by atoms with Crippen molar-refractivity contribution in [3.05, 3.63) is 71.4 Å². The fourth-order valence-electron chi connectivity index (χ4n) is 2.78. The third-order valence-electron chi connectivity index (χ3n) is 3.96. The molecule has 0 aliphatic heterocycles. The van der Waals surface area contributed by atoms with E-state index in [1.807, 2.05) is 42.6 Å². The number of nitrogens with two attached hydrogens (primary N) is 1. The maximum absolute atomic E-state index is 11.7. The van der Waals surface area contributed by atoms with Crippen LogP contribution in [0.1, 0.15) is 16.2 Å². The summed E-state index contributed by atoms with van der Waals surface area (Å²) in [6.07, 6.45) is 0. The molecule has 0 saturated carbocycles. The first-order chi connectivity index (χ1) is 12.6. The Bertz CT molecular complexity index is 1110. The lowest BCUT2D eigenvalue weighted by molar-refractivity contribution is 0.0998. The molecule has 0 bridgehead atoms. The average molecular weight is 361 g/mol. The number of amides is 1. The van der Waals surface area contributed by atoms with Crippen molar-refractivity contribution in [3.8, 4) is 22.8 Å². The van der Waals surface area contributed by atoms with Gasteiger partial charge in [-0.05, 0) is 24.6 Å². The summed E-state index contributed by atoms with van der Waals surface area (Å²) in [5.41, 5.74) is 7.83. The molecule has 5 nitrogen and oxygen atoms in total. The number of aromatic nitrogens is 2. The van der Waals surface area contributed by atoms with Gasteiger partial charge in [0.25, 0.3) is 5.91 Å². The Morgan fingerprint density at radius 1 is 1.04 bits per heavy atom. The Balaban J connectivity index is 1.90. The summed E-state index contributed by atoms with van der Waals surface area (Å²) in [5.74, 6) is 0.854. The lowest BCUT2D eigenvalue weighted by atomic mass is 10.1. The molecule has 2 heterocycles. The Morgan fingerprint density at radius 2 is 1.77 bits per heavy atom. The topological polar surface area (TPSA) is 78.1 Å². The van der Waals surface area contributed by atoms with Crippen LogP contribution in [0, 0.1) is 6.92 Å². The molecular weight excluding hydrogens is 346 g/mol. The Hall–Kier alpha value is -3.25. The maximum atomic E-state index is 11.7. The summed E-state index contributed by atoms with van der Waals surface area (Å²) in [5, 5.41) is 2.87. The van der Waals surface area contributed by atoms with E-state index in [2.05, 4.69) is 9.97 Å². The molecule has 1 amide bonds. The van der Waals surface area contributed by atoms with Gasteiger partial charge in [0.15, 0.2) is 0 Å². The van der Waals surface area contributed by atoms with E-state index in [0.29, 0.717) is 23.0 Å². The fraction of sp³-hybridized carbons (Fsp3) is 0.0500. The molecule has 0 aliphatic carbocycles. The van der Waals surface area contributed by atoms with Crippen LogP contribution in [-0.4, -0.2) is 15.9 Å². The molecule has 0 fully saturated rings. The Morgan fingerprint density at radius 3 is 2.54 bits per heavy atom. The number of aryl methyl sites for hydroxylation is 1. The minimum Gasteiger partial charge on any atom is -0.437 e. The van der Waals surface area contributed by atoms with E-state index in [1.54, 1.807) is 24.3 Å². The van der Waals surface area contributed by atoms with Crippen molar-refractivity contribution in [3.63, 3.8) is 0 Å². The number of ether oxygens (including phenoxy) is 1. The minimum absolute atomic E-state index is 0.313. The number of hydrogen-bond donors (Lipinski definition) is 1. The zero-order valence-electron chi connectivity index (χ0n) is 14.0. The van der Waals surface area contributed by atoms with Gasteiger partial charge in [0.2, 0.25) is 5.88 Å². The van der Waals surface area contributed by atoms with E-state index in [0.717, 1.165) is 21.3 Å². The molecular formula is C20H15N3O2S. The SMILES string of the molecule is Cc1nc(Oc2ccccc2C(N)=O)c2c(-c3ccccc3)csc2n1. The molecule has 128 valence electrons. The molecule has 4 aromatic rings. The number of thiophene rings is 1.